The molecule has 242 valence electrons. The number of carbonyl (C=O) groups is 1. The Morgan fingerprint density at radius 1 is 1.09 bits per heavy atom. The number of anilines is 3. The molecule has 1 N–H and O–H groups in total. The number of nitrogens with zero attached hydrogens (tertiary/aromatic N) is 6. The van der Waals surface area contributed by atoms with Crippen molar-refractivity contribution in [1.29, 1.82) is 0 Å². The number of nitrogens with one attached hydrogen (secondary N) is 1. The lowest BCUT2D eigenvalue weighted by Gasteiger charge is -2.22. The van der Waals surface area contributed by atoms with Crippen LogP contribution >= 0.6 is 11.3 Å². The van der Waals surface area contributed by atoms with Crippen LogP contribution in [-0.4, -0.2) is 71.9 Å². The Morgan fingerprint density at radius 2 is 1.83 bits per heavy atom. The molecular formula is C33H33N7O5S2. The number of aryl methyl sites for hydroxylation is 1. The van der Waals surface area contributed by atoms with E-state index >= 15 is 0 Å². The van der Waals surface area contributed by atoms with E-state index in [4.69, 9.17) is 14.7 Å². The molecule has 5 heterocycles. The van der Waals surface area contributed by atoms with E-state index < -0.39 is 10.0 Å². The molecule has 4 aromatic heterocycles. The van der Waals surface area contributed by atoms with E-state index in [-0.39, 0.29) is 45.6 Å². The summed E-state index contributed by atoms with van der Waals surface area (Å²) in [6, 6.07) is 13.6. The Labute approximate surface area is 274 Å². The predicted molar refractivity (Wildman–Crippen MR) is 184 cm³/mol. The molecule has 47 heavy (non-hydrogen) atoms. The van der Waals surface area contributed by atoms with Gasteiger partial charge in [-0.2, -0.15) is 4.98 Å². The number of rotatable bonds is 7. The SMILES string of the molecule is COc1cc2c(cc1Nc1nc3c(ccn3S(=O)(=O)c3ccc(C)cc3)c3nc4ccsc4c(=O)n13)N(C(=O)CN(C)C)CC2(C)C. The molecule has 1 aliphatic heterocycles. The number of fused-ring (bicyclic) bond motifs is 5. The minimum atomic E-state index is -4.06. The van der Waals surface area contributed by atoms with Gasteiger partial charge in [0.05, 0.1) is 35.1 Å². The van der Waals surface area contributed by atoms with Crippen molar-refractivity contribution in [3.05, 3.63) is 81.6 Å². The predicted octanol–water partition coefficient (Wildman–Crippen LogP) is 4.74. The van der Waals surface area contributed by atoms with Crippen molar-refractivity contribution in [2.75, 3.05) is 44.5 Å². The molecule has 0 bridgehead atoms. The van der Waals surface area contributed by atoms with Crippen molar-refractivity contribution >= 4 is 71.5 Å². The molecule has 0 radical (unpaired) electrons. The largest absolute Gasteiger partial charge is 0.495 e. The molecule has 0 atom stereocenters. The van der Waals surface area contributed by atoms with Crippen molar-refractivity contribution in [1.82, 2.24) is 23.2 Å². The third-order valence-corrected chi connectivity index (χ3v) is 11.0. The van der Waals surface area contributed by atoms with Gasteiger partial charge in [-0.15, -0.1) is 11.3 Å². The van der Waals surface area contributed by atoms with E-state index in [1.54, 1.807) is 53.8 Å². The summed E-state index contributed by atoms with van der Waals surface area (Å²) in [7, 11) is 1.18. The normalized spacial score (nSPS) is 14.4. The van der Waals surface area contributed by atoms with E-state index in [2.05, 4.69) is 19.2 Å². The number of carbonyl (C=O) groups excluding carboxylic acids is 1. The molecule has 14 heteroatoms. The van der Waals surface area contributed by atoms with Crippen molar-refractivity contribution < 1.29 is 17.9 Å². The first-order valence-electron chi connectivity index (χ1n) is 14.9. The zero-order valence-corrected chi connectivity index (χ0v) is 28.4. The van der Waals surface area contributed by atoms with Gasteiger partial charge in [-0.25, -0.2) is 21.8 Å². The van der Waals surface area contributed by atoms with Crippen LogP contribution in [0.25, 0.3) is 26.9 Å². The molecule has 0 aliphatic carbocycles. The Balaban J connectivity index is 1.46. The van der Waals surface area contributed by atoms with Crippen molar-refractivity contribution in [2.24, 2.45) is 0 Å². The highest BCUT2D eigenvalue weighted by Gasteiger charge is 2.39. The summed E-state index contributed by atoms with van der Waals surface area (Å²) in [5.74, 6) is 0.457. The summed E-state index contributed by atoms with van der Waals surface area (Å²) in [4.78, 5) is 40.6. The Hall–Kier alpha value is -4.79. The number of aromatic nitrogens is 4. The van der Waals surface area contributed by atoms with Crippen LogP contribution < -0.4 is 20.5 Å². The standard InChI is InChI=1S/C33H33N7O5S2/c1-19-7-9-20(10-8-19)47(43,44)39-13-11-21-29(39)36-32(40-30(21)34-23-12-14-46-28(23)31(40)42)35-24-16-25-22(15-26(24)45-6)33(2,3)18-38(25)27(41)17-37(4)5/h7-16H,17-18H2,1-6H3,(H,35,36). The third-order valence-electron chi connectivity index (χ3n) is 8.44. The van der Waals surface area contributed by atoms with Crippen LogP contribution in [0, 0.1) is 6.92 Å². The summed E-state index contributed by atoms with van der Waals surface area (Å²) in [5, 5.41) is 5.44. The van der Waals surface area contributed by atoms with Crippen molar-refractivity contribution in [2.45, 2.75) is 31.1 Å². The van der Waals surface area contributed by atoms with Gasteiger partial charge in [0, 0.05) is 23.8 Å². The van der Waals surface area contributed by atoms with Gasteiger partial charge in [-0.3, -0.25) is 9.59 Å². The smallest absolute Gasteiger partial charge is 0.278 e. The fraction of sp³-hybridized carbons (Fsp3) is 0.273. The van der Waals surface area contributed by atoms with Crippen LogP contribution in [0.3, 0.4) is 0 Å². The Morgan fingerprint density at radius 3 is 2.53 bits per heavy atom. The first-order valence-corrected chi connectivity index (χ1v) is 17.2. The van der Waals surface area contributed by atoms with Gasteiger partial charge in [0.15, 0.2) is 11.3 Å². The Kier molecular flexibility index (Phi) is 7.15. The molecule has 0 saturated carbocycles. The minimum Gasteiger partial charge on any atom is -0.495 e. The van der Waals surface area contributed by atoms with Gasteiger partial charge in [0.25, 0.3) is 15.6 Å². The molecule has 1 aliphatic rings. The van der Waals surface area contributed by atoms with E-state index in [0.29, 0.717) is 39.3 Å². The molecule has 6 aromatic rings. The second kappa shape index (κ2) is 10.9. The van der Waals surface area contributed by atoms with E-state index in [0.717, 1.165) is 15.1 Å². The summed E-state index contributed by atoms with van der Waals surface area (Å²) in [5.41, 5.74) is 3.17. The molecule has 2 aromatic carbocycles. The van der Waals surface area contributed by atoms with Crippen LogP contribution in [0.5, 0.6) is 5.75 Å². The number of hydrogen-bond acceptors (Lipinski definition) is 10. The average Bonchev–Trinajstić information content (AvgIpc) is 3.73. The molecule has 12 nitrogen and oxygen atoms in total. The van der Waals surface area contributed by atoms with E-state index in [9.17, 15) is 18.0 Å². The van der Waals surface area contributed by atoms with Crippen LogP contribution in [0.4, 0.5) is 17.3 Å². The fourth-order valence-electron chi connectivity index (χ4n) is 6.10. The minimum absolute atomic E-state index is 0.0426. The van der Waals surface area contributed by atoms with Gasteiger partial charge in [-0.05, 0) is 68.4 Å². The first-order chi connectivity index (χ1) is 22.3. The van der Waals surface area contributed by atoms with Gasteiger partial charge in [0.1, 0.15) is 10.4 Å². The summed E-state index contributed by atoms with van der Waals surface area (Å²) < 4.78 is 36.5. The summed E-state index contributed by atoms with van der Waals surface area (Å²) >= 11 is 1.26. The lowest BCUT2D eigenvalue weighted by molar-refractivity contribution is -0.119. The maximum absolute atomic E-state index is 14.0. The molecule has 0 fully saturated rings. The molecular weight excluding hydrogens is 639 g/mol. The lowest BCUT2D eigenvalue weighted by Crippen LogP contribution is -2.39. The fourth-order valence-corrected chi connectivity index (χ4v) is 8.15. The second-order valence-corrected chi connectivity index (χ2v) is 15.3. The number of thiophene rings is 1. The third kappa shape index (κ3) is 4.94. The van der Waals surface area contributed by atoms with Gasteiger partial charge < -0.3 is 19.9 Å². The van der Waals surface area contributed by atoms with Gasteiger partial charge in [-0.1, -0.05) is 31.5 Å². The van der Waals surface area contributed by atoms with E-state index in [1.807, 2.05) is 38.1 Å². The van der Waals surface area contributed by atoms with Crippen LogP contribution in [-0.2, 0) is 20.2 Å². The van der Waals surface area contributed by atoms with Gasteiger partial charge in [0.2, 0.25) is 11.9 Å². The summed E-state index contributed by atoms with van der Waals surface area (Å²) in [6.45, 7) is 6.75. The molecule has 0 saturated heterocycles. The van der Waals surface area contributed by atoms with Crippen LogP contribution in [0.15, 0.2) is 69.8 Å². The topological polar surface area (TPSA) is 131 Å². The molecule has 1 amide bonds. The maximum Gasteiger partial charge on any atom is 0.278 e. The highest BCUT2D eigenvalue weighted by atomic mass is 32.2. The first kappa shape index (κ1) is 30.8. The van der Waals surface area contributed by atoms with Gasteiger partial charge >= 0.3 is 0 Å². The molecule has 7 rings (SSSR count). The number of ether oxygens (including phenoxy) is 1. The maximum atomic E-state index is 14.0. The molecule has 0 spiro atoms. The highest BCUT2D eigenvalue weighted by molar-refractivity contribution is 7.90. The number of amides is 1. The Bertz CT molecular complexity index is 2410. The lowest BCUT2D eigenvalue weighted by atomic mass is 9.86. The van der Waals surface area contributed by atoms with Crippen LogP contribution in [0.1, 0.15) is 25.0 Å². The highest BCUT2D eigenvalue weighted by Crippen LogP contribution is 2.46. The van der Waals surface area contributed by atoms with Crippen molar-refractivity contribution in [3.63, 3.8) is 0 Å². The number of hydrogen-bond donors (Lipinski definition) is 1. The molecule has 0 unspecified atom stereocenters. The number of benzene rings is 2. The second-order valence-electron chi connectivity index (χ2n) is 12.6. The van der Waals surface area contributed by atoms with Crippen LogP contribution in [0.2, 0.25) is 0 Å². The monoisotopic (exact) mass is 671 g/mol. The quantitative estimate of drug-likeness (QED) is 0.256. The zero-order chi connectivity index (χ0) is 33.4. The zero-order valence-electron chi connectivity index (χ0n) is 26.7. The summed E-state index contributed by atoms with van der Waals surface area (Å²) in [6.07, 6.45) is 1.42. The average molecular weight is 672 g/mol. The van der Waals surface area contributed by atoms with E-state index in [1.165, 1.54) is 21.9 Å². The number of methoxy groups -OCH3 is 1. The van der Waals surface area contributed by atoms with Crippen molar-refractivity contribution in [3.8, 4) is 5.75 Å². The number of likely N-dealkylation sites (N-methyl/N-ethyl adjacent to an activating group) is 1.